The van der Waals surface area contributed by atoms with Crippen molar-refractivity contribution in [2.24, 2.45) is 0 Å². The van der Waals surface area contributed by atoms with Gasteiger partial charge in [-0.25, -0.2) is 4.39 Å². The van der Waals surface area contributed by atoms with Gasteiger partial charge in [0, 0.05) is 0 Å². The molecule has 0 fully saturated rings. The zero-order chi connectivity index (χ0) is 18.1. The van der Waals surface area contributed by atoms with Crippen LogP contribution in [0.5, 0.6) is 0 Å². The van der Waals surface area contributed by atoms with Crippen molar-refractivity contribution in [2.45, 2.75) is 8.42 Å². The minimum Gasteiger partial charge on any atom is -0.207 e. The van der Waals surface area contributed by atoms with Crippen LogP contribution in [-0.2, 0) is 23.9 Å². The fourth-order valence-corrected chi connectivity index (χ4v) is 8.88. The van der Waals surface area contributed by atoms with Gasteiger partial charge in [-0.2, -0.15) is 16.5 Å². The summed E-state index contributed by atoms with van der Waals surface area (Å²) in [4.78, 5) is 0. The second-order valence-corrected chi connectivity index (χ2v) is 11.2. The van der Waals surface area contributed by atoms with Gasteiger partial charge in [0.15, 0.2) is 4.21 Å². The van der Waals surface area contributed by atoms with E-state index >= 15 is 0 Å². The lowest BCUT2D eigenvalue weighted by molar-refractivity contribution is 0.202. The van der Waals surface area contributed by atoms with E-state index in [4.69, 9.17) is 3.84 Å². The highest BCUT2D eigenvalue weighted by Crippen LogP contribution is 2.34. The van der Waals surface area contributed by atoms with Gasteiger partial charge >= 0.3 is 10.0 Å². The molecule has 1 atom stereocenters. The van der Waals surface area contributed by atoms with Crippen molar-refractivity contribution >= 4 is 48.4 Å². The lowest BCUT2D eigenvalue weighted by atomic mass is 10.3. The Morgan fingerprint density at radius 1 is 0.960 bits per heavy atom. The zero-order valence-electron chi connectivity index (χ0n) is 12.9. The second kappa shape index (κ2) is 6.87. The summed E-state index contributed by atoms with van der Waals surface area (Å²) in [5, 5.41) is 3.26. The van der Waals surface area contributed by atoms with E-state index in [0.29, 0.717) is 3.71 Å². The number of anilines is 1. The van der Waals surface area contributed by atoms with Crippen LogP contribution in [0.3, 0.4) is 0 Å². The number of rotatable bonds is 5. The highest BCUT2D eigenvalue weighted by molar-refractivity contribution is 8.11. The average Bonchev–Trinajstić information content (AvgIpc) is 3.28. The largest absolute Gasteiger partial charge is 0.424 e. The van der Waals surface area contributed by atoms with E-state index in [0.717, 1.165) is 35.8 Å². The van der Waals surface area contributed by atoms with Crippen molar-refractivity contribution in [3.05, 3.63) is 65.1 Å². The molecule has 3 aromatic rings. The van der Waals surface area contributed by atoms with Crippen LogP contribution < -0.4 is 3.71 Å². The molecule has 1 unspecified atom stereocenters. The molecule has 0 N–H and O–H groups in total. The van der Waals surface area contributed by atoms with Gasteiger partial charge in [-0.1, -0.05) is 12.1 Å². The van der Waals surface area contributed by atoms with Crippen molar-refractivity contribution in [3.8, 4) is 0 Å². The molecule has 5 nitrogen and oxygen atoms in total. The van der Waals surface area contributed by atoms with Crippen molar-refractivity contribution in [1.82, 2.24) is 0 Å². The molecule has 0 aliphatic heterocycles. The molecule has 132 valence electrons. The smallest absolute Gasteiger partial charge is 0.207 e. The fraction of sp³-hybridized carbons (Fsp3) is 0.0667. The molecule has 2 heterocycles. The minimum atomic E-state index is -4.23. The van der Waals surface area contributed by atoms with Crippen molar-refractivity contribution in [2.75, 3.05) is 10.8 Å². The lowest BCUT2D eigenvalue weighted by Crippen LogP contribution is -2.37. The number of nitrogens with zero attached hydrogens (tertiary/aromatic N) is 1. The molecule has 0 saturated heterocycles. The van der Waals surface area contributed by atoms with Gasteiger partial charge in [-0.3, -0.25) is 0 Å². The summed E-state index contributed by atoms with van der Waals surface area (Å²) in [6.07, 6.45) is 0. The molecular weight excluding hydrogens is 405 g/mol. The standard InChI is InChI=1S/C15H13FNO4S4/c1-21-25(20,15-8-4-10-23-15)17(13-6-2-5-12(16)11-13)24(18,19)14-7-3-9-22-14/h2-11H,1H3/q+1. The first-order valence-electron chi connectivity index (χ1n) is 6.87. The highest BCUT2D eigenvalue weighted by atomic mass is 32.3. The first kappa shape index (κ1) is 18.1. The van der Waals surface area contributed by atoms with Crippen LogP contribution >= 0.6 is 22.7 Å². The van der Waals surface area contributed by atoms with E-state index in [1.165, 1.54) is 30.3 Å². The normalized spacial score (nSPS) is 14.0. The van der Waals surface area contributed by atoms with Crippen LogP contribution in [0.1, 0.15) is 0 Å². The van der Waals surface area contributed by atoms with E-state index in [1.54, 1.807) is 22.9 Å². The molecule has 1 aromatic carbocycles. The van der Waals surface area contributed by atoms with Gasteiger partial charge in [-0.05, 0) is 47.2 Å². The van der Waals surface area contributed by atoms with Gasteiger partial charge in [0.05, 0.1) is 5.69 Å². The van der Waals surface area contributed by atoms with E-state index in [-0.39, 0.29) is 14.1 Å². The monoisotopic (exact) mass is 418 g/mol. The summed E-state index contributed by atoms with van der Waals surface area (Å²) in [5.41, 5.74) is -0.0753. The molecule has 3 rings (SSSR count). The molecular formula is C15H13FNO4S4+. The Hall–Kier alpha value is -1.75. The molecule has 2 aromatic heterocycles. The summed E-state index contributed by atoms with van der Waals surface area (Å²) in [7, 11) is -6.72. The van der Waals surface area contributed by atoms with Crippen molar-refractivity contribution in [3.63, 3.8) is 0 Å². The molecule has 0 amide bonds. The number of thiophene rings is 2. The first-order chi connectivity index (χ1) is 11.9. The van der Waals surface area contributed by atoms with Crippen LogP contribution in [0.2, 0.25) is 0 Å². The predicted octanol–water partition coefficient (Wildman–Crippen LogP) is 3.91. The number of benzene rings is 1. The average molecular weight is 419 g/mol. The molecule has 0 aliphatic rings. The Balaban J connectivity index is 2.33. The summed E-state index contributed by atoms with van der Waals surface area (Å²) in [6.45, 7) is 0. The maximum absolute atomic E-state index is 13.7. The van der Waals surface area contributed by atoms with Crippen LogP contribution in [-0.4, -0.2) is 19.7 Å². The highest BCUT2D eigenvalue weighted by Gasteiger charge is 2.43. The van der Waals surface area contributed by atoms with Crippen LogP contribution in [0, 0.1) is 5.82 Å². The minimum absolute atomic E-state index is 0.0157. The molecule has 0 aliphatic carbocycles. The summed E-state index contributed by atoms with van der Waals surface area (Å²) >= 11 is 2.08. The number of sulfonamides is 1. The van der Waals surface area contributed by atoms with E-state index in [1.807, 2.05) is 0 Å². The summed E-state index contributed by atoms with van der Waals surface area (Å²) in [5.74, 6) is -0.645. The van der Waals surface area contributed by atoms with Crippen LogP contribution in [0.15, 0.2) is 67.7 Å². The van der Waals surface area contributed by atoms with Crippen LogP contribution in [0.4, 0.5) is 10.1 Å². The van der Waals surface area contributed by atoms with Gasteiger partial charge in [0.25, 0.3) is 17.1 Å². The topological polar surface area (TPSA) is 65.8 Å². The maximum atomic E-state index is 13.7. The third-order valence-corrected chi connectivity index (χ3v) is 10.6. The Morgan fingerprint density at radius 2 is 1.60 bits per heavy atom. The Morgan fingerprint density at radius 3 is 2.12 bits per heavy atom. The number of hydrogen-bond donors (Lipinski definition) is 0. The molecule has 0 spiro atoms. The fourth-order valence-electron chi connectivity index (χ4n) is 2.13. The number of halogens is 1. The molecule has 0 saturated carbocycles. The van der Waals surface area contributed by atoms with E-state index in [2.05, 4.69) is 0 Å². The zero-order valence-corrected chi connectivity index (χ0v) is 16.1. The molecule has 25 heavy (non-hydrogen) atoms. The van der Waals surface area contributed by atoms with Gasteiger partial charge < -0.3 is 0 Å². The molecule has 10 heteroatoms. The van der Waals surface area contributed by atoms with Gasteiger partial charge in [0.2, 0.25) is 0 Å². The first-order valence-corrected chi connectivity index (χ1v) is 11.5. The summed E-state index contributed by atoms with van der Waals surface area (Å²) < 4.78 is 59.7. The van der Waals surface area contributed by atoms with Crippen molar-refractivity contribution < 1.29 is 20.9 Å². The predicted molar refractivity (Wildman–Crippen MR) is 97.7 cm³/mol. The Bertz CT molecular complexity index is 1080. The molecule has 0 radical (unpaired) electrons. The quantitative estimate of drug-likeness (QED) is 0.590. The lowest BCUT2D eigenvalue weighted by Gasteiger charge is -2.19. The maximum Gasteiger partial charge on any atom is 0.424 e. The SMILES string of the molecule is C[O+]=S(=O)(c1cccs1)N(c1cccc(F)c1)S(=O)(=O)c1cccs1. The van der Waals surface area contributed by atoms with Gasteiger partial charge in [0.1, 0.15) is 10.0 Å². The third kappa shape index (κ3) is 3.22. The van der Waals surface area contributed by atoms with Gasteiger partial charge in [-0.15, -0.1) is 26.4 Å². The Labute approximate surface area is 153 Å². The number of hydrogen-bond acceptors (Lipinski definition) is 5. The Kier molecular flexibility index (Phi) is 4.96. The van der Waals surface area contributed by atoms with E-state index < -0.39 is 25.9 Å². The summed E-state index contributed by atoms with van der Waals surface area (Å²) in [6, 6.07) is 11.0. The molecule has 0 bridgehead atoms. The van der Waals surface area contributed by atoms with Crippen molar-refractivity contribution in [1.29, 1.82) is 0 Å². The van der Waals surface area contributed by atoms with E-state index in [9.17, 15) is 17.0 Å². The van der Waals surface area contributed by atoms with Crippen LogP contribution in [0.25, 0.3) is 0 Å². The second-order valence-electron chi connectivity index (χ2n) is 4.72. The third-order valence-electron chi connectivity index (χ3n) is 3.18.